The molecule has 0 aliphatic carbocycles. The Balaban J connectivity index is 1.79. The molecule has 0 saturated carbocycles. The molecule has 0 bridgehead atoms. The number of nitrogens with zero attached hydrogens (tertiary/aromatic N) is 1. The van der Waals surface area contributed by atoms with Gasteiger partial charge in [-0.3, -0.25) is 4.79 Å². The van der Waals surface area contributed by atoms with Crippen molar-refractivity contribution in [2.24, 2.45) is 4.99 Å². The number of benzene rings is 2. The number of carbonyl (C=O) groups excluding carboxylic acids is 1. The normalized spacial score (nSPS) is 13.6. The molecule has 0 aromatic heterocycles. The highest BCUT2D eigenvalue weighted by molar-refractivity contribution is 6.15. The summed E-state index contributed by atoms with van der Waals surface area (Å²) in [5, 5.41) is 12.1. The van der Waals surface area contributed by atoms with Crippen LogP contribution >= 0.6 is 0 Å². The van der Waals surface area contributed by atoms with Gasteiger partial charge < -0.3 is 10.4 Å². The summed E-state index contributed by atoms with van der Waals surface area (Å²) in [4.78, 5) is 28.1. The SMILES string of the molecule is O=C(O)C1=C(C(=O)NCc2ccccc2)N=C(c2ccccc2)C1. The van der Waals surface area contributed by atoms with Crippen LogP contribution in [0.1, 0.15) is 17.5 Å². The Morgan fingerprint density at radius 3 is 2.25 bits per heavy atom. The Morgan fingerprint density at radius 2 is 1.62 bits per heavy atom. The molecule has 1 heterocycles. The molecule has 1 aliphatic rings. The second-order valence-corrected chi connectivity index (χ2v) is 5.40. The molecule has 0 atom stereocenters. The van der Waals surface area contributed by atoms with E-state index in [-0.39, 0.29) is 17.7 Å². The van der Waals surface area contributed by atoms with Crippen LogP contribution in [0.25, 0.3) is 0 Å². The van der Waals surface area contributed by atoms with E-state index >= 15 is 0 Å². The van der Waals surface area contributed by atoms with E-state index in [0.717, 1.165) is 11.1 Å². The lowest BCUT2D eigenvalue weighted by molar-refractivity contribution is -0.133. The van der Waals surface area contributed by atoms with Crippen molar-refractivity contribution < 1.29 is 14.7 Å². The lowest BCUT2D eigenvalue weighted by atomic mass is 10.0. The first-order chi connectivity index (χ1) is 11.6. The molecule has 120 valence electrons. The van der Waals surface area contributed by atoms with Crippen LogP contribution in [0.4, 0.5) is 0 Å². The van der Waals surface area contributed by atoms with Crippen LogP contribution in [0.3, 0.4) is 0 Å². The Morgan fingerprint density at radius 1 is 1.00 bits per heavy atom. The minimum Gasteiger partial charge on any atom is -0.478 e. The van der Waals surface area contributed by atoms with Crippen molar-refractivity contribution in [3.8, 4) is 0 Å². The third kappa shape index (κ3) is 3.41. The zero-order chi connectivity index (χ0) is 16.9. The van der Waals surface area contributed by atoms with E-state index in [1.165, 1.54) is 0 Å². The second kappa shape index (κ2) is 6.91. The molecular weight excluding hydrogens is 304 g/mol. The quantitative estimate of drug-likeness (QED) is 0.888. The molecule has 1 amide bonds. The molecule has 5 nitrogen and oxygen atoms in total. The fourth-order valence-corrected chi connectivity index (χ4v) is 2.52. The van der Waals surface area contributed by atoms with Gasteiger partial charge in [0, 0.05) is 13.0 Å². The van der Waals surface area contributed by atoms with Gasteiger partial charge in [-0.1, -0.05) is 60.7 Å². The molecule has 3 rings (SSSR count). The zero-order valence-corrected chi connectivity index (χ0v) is 12.9. The summed E-state index contributed by atoms with van der Waals surface area (Å²) in [7, 11) is 0. The summed E-state index contributed by atoms with van der Waals surface area (Å²) in [5.74, 6) is -1.59. The first-order valence-corrected chi connectivity index (χ1v) is 7.56. The first-order valence-electron chi connectivity index (χ1n) is 7.56. The number of aliphatic imine (C=N–C) groups is 1. The minimum atomic E-state index is -1.12. The summed E-state index contributed by atoms with van der Waals surface area (Å²) >= 11 is 0. The van der Waals surface area contributed by atoms with Crippen molar-refractivity contribution in [3.63, 3.8) is 0 Å². The van der Waals surface area contributed by atoms with Gasteiger partial charge in [-0.25, -0.2) is 9.79 Å². The van der Waals surface area contributed by atoms with Gasteiger partial charge in [0.2, 0.25) is 0 Å². The minimum absolute atomic E-state index is 0.0164. The number of carbonyl (C=O) groups is 2. The molecule has 0 spiro atoms. The Kier molecular flexibility index (Phi) is 4.52. The van der Waals surface area contributed by atoms with Crippen LogP contribution in [-0.4, -0.2) is 22.7 Å². The number of aliphatic carboxylic acids is 1. The first kappa shape index (κ1) is 15.7. The molecule has 24 heavy (non-hydrogen) atoms. The van der Waals surface area contributed by atoms with Gasteiger partial charge in [0.15, 0.2) is 0 Å². The Labute approximate surface area is 139 Å². The summed E-state index contributed by atoms with van der Waals surface area (Å²) in [6.45, 7) is 0.326. The molecule has 5 heteroatoms. The zero-order valence-electron chi connectivity index (χ0n) is 12.9. The van der Waals surface area contributed by atoms with Crippen LogP contribution in [0.15, 0.2) is 76.9 Å². The molecule has 0 radical (unpaired) electrons. The van der Waals surface area contributed by atoms with Crippen LogP contribution in [0, 0.1) is 0 Å². The van der Waals surface area contributed by atoms with Crippen molar-refractivity contribution in [1.29, 1.82) is 0 Å². The van der Waals surface area contributed by atoms with Gasteiger partial charge in [0.05, 0.1) is 11.3 Å². The number of carboxylic acid groups (broad SMARTS) is 1. The number of amides is 1. The van der Waals surface area contributed by atoms with Crippen LogP contribution in [-0.2, 0) is 16.1 Å². The topological polar surface area (TPSA) is 78.8 Å². The second-order valence-electron chi connectivity index (χ2n) is 5.40. The lowest BCUT2D eigenvalue weighted by Gasteiger charge is -2.05. The highest BCUT2D eigenvalue weighted by Gasteiger charge is 2.28. The van der Waals surface area contributed by atoms with E-state index < -0.39 is 11.9 Å². The van der Waals surface area contributed by atoms with Gasteiger partial charge in [0.1, 0.15) is 5.70 Å². The van der Waals surface area contributed by atoms with E-state index in [9.17, 15) is 14.7 Å². The molecule has 0 unspecified atom stereocenters. The highest BCUT2D eigenvalue weighted by Crippen LogP contribution is 2.24. The Bertz CT molecular complexity index is 824. The molecule has 2 N–H and O–H groups in total. The van der Waals surface area contributed by atoms with E-state index in [2.05, 4.69) is 10.3 Å². The number of hydrogen-bond acceptors (Lipinski definition) is 3. The predicted molar refractivity (Wildman–Crippen MR) is 90.5 cm³/mol. The van der Waals surface area contributed by atoms with Gasteiger partial charge in [-0.2, -0.15) is 0 Å². The average molecular weight is 320 g/mol. The monoisotopic (exact) mass is 320 g/mol. The van der Waals surface area contributed by atoms with Crippen LogP contribution < -0.4 is 5.32 Å². The molecule has 0 fully saturated rings. The fourth-order valence-electron chi connectivity index (χ4n) is 2.52. The largest absolute Gasteiger partial charge is 0.478 e. The van der Waals surface area contributed by atoms with Crippen molar-refractivity contribution >= 4 is 17.6 Å². The van der Waals surface area contributed by atoms with Gasteiger partial charge in [0.25, 0.3) is 5.91 Å². The van der Waals surface area contributed by atoms with Gasteiger partial charge in [-0.15, -0.1) is 0 Å². The number of rotatable bonds is 5. The van der Waals surface area contributed by atoms with Gasteiger partial charge in [-0.05, 0) is 11.1 Å². The maximum atomic E-state index is 12.4. The van der Waals surface area contributed by atoms with Crippen molar-refractivity contribution in [1.82, 2.24) is 5.32 Å². The van der Waals surface area contributed by atoms with E-state index in [1.54, 1.807) is 0 Å². The third-order valence-corrected chi connectivity index (χ3v) is 3.75. The highest BCUT2D eigenvalue weighted by atomic mass is 16.4. The van der Waals surface area contributed by atoms with E-state index in [0.29, 0.717) is 12.3 Å². The smallest absolute Gasteiger partial charge is 0.334 e. The van der Waals surface area contributed by atoms with E-state index in [1.807, 2.05) is 60.7 Å². The summed E-state index contributed by atoms with van der Waals surface area (Å²) in [6, 6.07) is 18.7. The number of nitrogens with one attached hydrogen (secondary N) is 1. The number of carboxylic acids is 1. The fraction of sp³-hybridized carbons (Fsp3) is 0.105. The standard InChI is InChI=1S/C19H16N2O3/c22-18(20-12-13-7-3-1-4-8-13)17-15(19(23)24)11-16(21-17)14-9-5-2-6-10-14/h1-10H,11-12H2,(H,20,22)(H,23,24). The molecule has 1 aliphatic heterocycles. The van der Waals surface area contributed by atoms with Gasteiger partial charge >= 0.3 is 5.97 Å². The summed E-state index contributed by atoms with van der Waals surface area (Å²) < 4.78 is 0. The Hall–Kier alpha value is -3.21. The third-order valence-electron chi connectivity index (χ3n) is 3.75. The summed E-state index contributed by atoms with van der Waals surface area (Å²) in [6.07, 6.45) is 0.146. The maximum Gasteiger partial charge on any atom is 0.334 e. The predicted octanol–water partition coefficient (Wildman–Crippen LogP) is 2.53. The van der Waals surface area contributed by atoms with Crippen molar-refractivity contribution in [2.75, 3.05) is 0 Å². The maximum absolute atomic E-state index is 12.4. The van der Waals surface area contributed by atoms with Crippen molar-refractivity contribution in [3.05, 3.63) is 83.1 Å². The van der Waals surface area contributed by atoms with Crippen molar-refractivity contribution in [2.45, 2.75) is 13.0 Å². The molecule has 0 saturated heterocycles. The molecule has 2 aromatic carbocycles. The molecule has 2 aromatic rings. The lowest BCUT2D eigenvalue weighted by Crippen LogP contribution is -2.25. The van der Waals surface area contributed by atoms with E-state index in [4.69, 9.17) is 0 Å². The summed E-state index contributed by atoms with van der Waals surface area (Å²) in [5.41, 5.74) is 2.37. The van der Waals surface area contributed by atoms with Crippen LogP contribution in [0.5, 0.6) is 0 Å². The molecular formula is C19H16N2O3. The number of hydrogen-bond donors (Lipinski definition) is 2. The average Bonchev–Trinajstić information content (AvgIpc) is 3.07. The van der Waals surface area contributed by atoms with Crippen LogP contribution in [0.2, 0.25) is 0 Å².